The predicted octanol–water partition coefficient (Wildman–Crippen LogP) is 0.933. The fourth-order valence-corrected chi connectivity index (χ4v) is 1.41. The number of hydrogen-bond donors (Lipinski definition) is 2. The second-order valence-corrected chi connectivity index (χ2v) is 3.83. The second kappa shape index (κ2) is 7.07. The molecule has 1 rings (SSSR count). The molecule has 0 saturated heterocycles. The molecule has 0 aliphatic heterocycles. The Labute approximate surface area is 112 Å². The lowest BCUT2D eigenvalue weighted by Crippen LogP contribution is -2.20. The number of rotatable bonds is 3. The minimum Gasteiger partial charge on any atom is -0.465 e. The van der Waals surface area contributed by atoms with Crippen molar-refractivity contribution in [2.24, 2.45) is 0 Å². The molecule has 0 atom stereocenters. The van der Waals surface area contributed by atoms with Crippen LogP contribution in [0.5, 0.6) is 0 Å². The molecule has 1 aromatic rings. The summed E-state index contributed by atoms with van der Waals surface area (Å²) < 4.78 is 4.67. The maximum atomic E-state index is 11.6. The minimum absolute atomic E-state index is 0.0930. The van der Waals surface area contributed by atoms with Gasteiger partial charge in [0.05, 0.1) is 12.7 Å². The third-order valence-corrected chi connectivity index (χ3v) is 2.30. The molecule has 0 spiro atoms. The summed E-state index contributed by atoms with van der Waals surface area (Å²) in [5, 5.41) is 2.64. The Morgan fingerprint density at radius 2 is 2.16 bits per heavy atom. The van der Waals surface area contributed by atoms with Gasteiger partial charge in [-0.25, -0.2) is 4.79 Å². The molecule has 1 aromatic carbocycles. The summed E-state index contributed by atoms with van der Waals surface area (Å²) in [7, 11) is 1.31. The van der Waals surface area contributed by atoms with Crippen molar-refractivity contribution < 1.29 is 14.3 Å². The van der Waals surface area contributed by atoms with Crippen LogP contribution in [0.2, 0.25) is 0 Å². The van der Waals surface area contributed by atoms with E-state index in [0.717, 1.165) is 0 Å². The zero-order valence-corrected chi connectivity index (χ0v) is 10.9. The van der Waals surface area contributed by atoms with Crippen molar-refractivity contribution in [3.63, 3.8) is 0 Å². The van der Waals surface area contributed by atoms with Crippen LogP contribution < -0.4 is 11.1 Å². The molecular weight excluding hydrogens is 244 g/mol. The Kier molecular flexibility index (Phi) is 5.42. The average Bonchev–Trinajstić information content (AvgIpc) is 2.38. The quantitative estimate of drug-likeness (QED) is 0.367. The molecule has 100 valence electrons. The largest absolute Gasteiger partial charge is 0.465 e. The van der Waals surface area contributed by atoms with Crippen molar-refractivity contribution in [2.75, 3.05) is 19.4 Å². The number of nitrogens with one attached hydrogen (secondary N) is 1. The summed E-state index contributed by atoms with van der Waals surface area (Å²) in [5.74, 6) is 5.19. The van der Waals surface area contributed by atoms with Crippen molar-refractivity contribution in [3.05, 3.63) is 29.3 Å². The van der Waals surface area contributed by atoms with E-state index in [1.165, 1.54) is 20.1 Å². The number of benzene rings is 1. The van der Waals surface area contributed by atoms with Gasteiger partial charge < -0.3 is 15.8 Å². The first-order valence-corrected chi connectivity index (χ1v) is 5.75. The summed E-state index contributed by atoms with van der Waals surface area (Å²) >= 11 is 0. The third-order valence-electron chi connectivity index (χ3n) is 2.30. The van der Waals surface area contributed by atoms with Gasteiger partial charge in [-0.15, -0.1) is 0 Å². The zero-order chi connectivity index (χ0) is 14.3. The van der Waals surface area contributed by atoms with Gasteiger partial charge in [-0.05, 0) is 18.2 Å². The highest BCUT2D eigenvalue weighted by molar-refractivity contribution is 5.93. The molecule has 5 nitrogen and oxygen atoms in total. The number of carbonyl (C=O) groups excluding carboxylic acids is 2. The van der Waals surface area contributed by atoms with Crippen LogP contribution in [-0.2, 0) is 9.53 Å². The van der Waals surface area contributed by atoms with E-state index in [1.54, 1.807) is 12.1 Å². The molecule has 0 aliphatic carbocycles. The molecule has 0 bridgehead atoms. The lowest BCUT2D eigenvalue weighted by molar-refractivity contribution is -0.118. The Morgan fingerprint density at radius 3 is 2.79 bits per heavy atom. The van der Waals surface area contributed by atoms with Crippen molar-refractivity contribution in [1.29, 1.82) is 0 Å². The summed E-state index contributed by atoms with van der Waals surface area (Å²) in [5.41, 5.74) is 7.00. The normalized spacial score (nSPS) is 9.16. The van der Waals surface area contributed by atoms with E-state index in [-0.39, 0.29) is 5.91 Å². The highest BCUT2D eigenvalue weighted by Gasteiger charge is 2.10. The maximum absolute atomic E-state index is 11.6. The van der Waals surface area contributed by atoms with Gasteiger partial charge in [0.1, 0.15) is 0 Å². The van der Waals surface area contributed by atoms with E-state index in [0.29, 0.717) is 29.8 Å². The number of nitrogens with two attached hydrogens (primary N) is 1. The van der Waals surface area contributed by atoms with Crippen LogP contribution in [0.25, 0.3) is 0 Å². The van der Waals surface area contributed by atoms with E-state index in [4.69, 9.17) is 5.73 Å². The number of amides is 1. The topological polar surface area (TPSA) is 81.4 Å². The lowest BCUT2D eigenvalue weighted by atomic mass is 10.1. The van der Waals surface area contributed by atoms with Crippen molar-refractivity contribution in [3.8, 4) is 11.8 Å². The molecule has 1 amide bonds. The fourth-order valence-electron chi connectivity index (χ4n) is 1.41. The molecule has 0 radical (unpaired) electrons. The molecule has 3 N–H and O–H groups in total. The molecule has 19 heavy (non-hydrogen) atoms. The van der Waals surface area contributed by atoms with Crippen molar-refractivity contribution in [1.82, 2.24) is 5.32 Å². The first kappa shape index (κ1) is 14.6. The molecule has 0 unspecified atom stereocenters. The van der Waals surface area contributed by atoms with Gasteiger partial charge in [0.15, 0.2) is 0 Å². The second-order valence-electron chi connectivity index (χ2n) is 3.83. The van der Waals surface area contributed by atoms with Crippen LogP contribution >= 0.6 is 0 Å². The van der Waals surface area contributed by atoms with Gasteiger partial charge in [-0.2, -0.15) is 0 Å². The van der Waals surface area contributed by atoms with E-state index >= 15 is 0 Å². The summed E-state index contributed by atoms with van der Waals surface area (Å²) in [6, 6.07) is 4.88. The van der Waals surface area contributed by atoms with Crippen LogP contribution in [-0.4, -0.2) is 25.5 Å². The molecular formula is C14H16N2O3. The first-order valence-electron chi connectivity index (χ1n) is 5.75. The number of carbonyl (C=O) groups is 2. The number of anilines is 1. The Bertz CT molecular complexity index is 541. The van der Waals surface area contributed by atoms with Crippen LogP contribution in [0.4, 0.5) is 5.69 Å². The lowest BCUT2D eigenvalue weighted by Gasteiger charge is -2.03. The van der Waals surface area contributed by atoms with Crippen molar-refractivity contribution >= 4 is 17.6 Å². The predicted molar refractivity (Wildman–Crippen MR) is 72.4 cm³/mol. The average molecular weight is 260 g/mol. The number of hydrogen-bond acceptors (Lipinski definition) is 4. The SMILES string of the molecule is COC(=O)c1cc(N)ccc1C#CCCNC(C)=O. The minimum atomic E-state index is -0.474. The zero-order valence-electron chi connectivity index (χ0n) is 10.9. The van der Waals surface area contributed by atoms with Gasteiger partial charge >= 0.3 is 5.97 Å². The number of ether oxygens (including phenoxy) is 1. The van der Waals surface area contributed by atoms with Crippen LogP contribution in [0.3, 0.4) is 0 Å². The molecule has 0 aromatic heterocycles. The van der Waals surface area contributed by atoms with Gasteiger partial charge in [0, 0.05) is 31.1 Å². The number of nitrogen functional groups attached to an aromatic ring is 1. The standard InChI is InChI=1S/C14H16N2O3/c1-10(17)16-8-4-3-5-11-6-7-12(15)9-13(11)14(18)19-2/h6-7,9H,4,8,15H2,1-2H3,(H,16,17). The molecule has 0 heterocycles. The van der Waals surface area contributed by atoms with Crippen LogP contribution in [0, 0.1) is 11.8 Å². The summed E-state index contributed by atoms with van der Waals surface area (Å²) in [6.07, 6.45) is 0.505. The van der Waals surface area contributed by atoms with Gasteiger partial charge in [-0.1, -0.05) is 11.8 Å². The highest BCUT2D eigenvalue weighted by atomic mass is 16.5. The van der Waals surface area contributed by atoms with Crippen molar-refractivity contribution in [2.45, 2.75) is 13.3 Å². The first-order chi connectivity index (χ1) is 9.04. The third kappa shape index (κ3) is 4.72. The maximum Gasteiger partial charge on any atom is 0.339 e. The molecule has 0 aliphatic rings. The van der Waals surface area contributed by atoms with Gasteiger partial charge in [-0.3, -0.25) is 4.79 Å². The summed E-state index contributed by atoms with van der Waals surface area (Å²) in [6.45, 7) is 1.92. The van der Waals surface area contributed by atoms with E-state index < -0.39 is 5.97 Å². The monoisotopic (exact) mass is 260 g/mol. The van der Waals surface area contributed by atoms with E-state index in [2.05, 4.69) is 21.9 Å². The molecule has 0 saturated carbocycles. The Hall–Kier alpha value is -2.48. The Balaban J connectivity index is 2.80. The molecule has 5 heteroatoms. The molecule has 0 fully saturated rings. The fraction of sp³-hybridized carbons (Fsp3) is 0.286. The smallest absolute Gasteiger partial charge is 0.339 e. The highest BCUT2D eigenvalue weighted by Crippen LogP contribution is 2.13. The van der Waals surface area contributed by atoms with E-state index in [1.807, 2.05) is 0 Å². The summed E-state index contributed by atoms with van der Waals surface area (Å²) in [4.78, 5) is 22.2. The Morgan fingerprint density at radius 1 is 1.42 bits per heavy atom. The number of methoxy groups -OCH3 is 1. The van der Waals surface area contributed by atoms with Gasteiger partial charge in [0.2, 0.25) is 5.91 Å². The van der Waals surface area contributed by atoms with Gasteiger partial charge in [0.25, 0.3) is 0 Å². The van der Waals surface area contributed by atoms with E-state index in [9.17, 15) is 9.59 Å². The van der Waals surface area contributed by atoms with Crippen LogP contribution in [0.1, 0.15) is 29.3 Å². The van der Waals surface area contributed by atoms with Crippen LogP contribution in [0.15, 0.2) is 18.2 Å². The number of esters is 1.